The van der Waals surface area contributed by atoms with Gasteiger partial charge in [-0.05, 0) is 35.7 Å². The average Bonchev–Trinajstić information content (AvgIpc) is 3.00. The van der Waals surface area contributed by atoms with Gasteiger partial charge in [-0.25, -0.2) is 0 Å². The Morgan fingerprint density at radius 3 is 2.55 bits per heavy atom. The molecule has 3 rings (SSSR count). The monoisotopic (exact) mass is 354 g/mol. The number of carbonyl (C=O) groups is 2. The fraction of sp³-hybridized carbons (Fsp3) is 0.200. The van der Waals surface area contributed by atoms with E-state index in [1.54, 1.807) is 23.1 Å². The van der Waals surface area contributed by atoms with Gasteiger partial charge in [0.2, 0.25) is 0 Å². The lowest BCUT2D eigenvalue weighted by Gasteiger charge is -2.29. The first-order valence-corrected chi connectivity index (χ1v) is 8.19. The van der Waals surface area contributed by atoms with E-state index >= 15 is 0 Å². The summed E-state index contributed by atoms with van der Waals surface area (Å²) in [5.74, 6) is -0.651. The highest BCUT2D eigenvalue weighted by Gasteiger charge is 2.25. The molecule has 2 heterocycles. The molecule has 0 unspecified atom stereocenters. The second-order valence-corrected chi connectivity index (χ2v) is 6.87. The van der Waals surface area contributed by atoms with Gasteiger partial charge in [0.15, 0.2) is 0 Å². The molecule has 1 aromatic carbocycles. The molecule has 22 heavy (non-hydrogen) atoms. The number of fused-ring (bicyclic) bond motifs is 1. The molecule has 0 fully saturated rings. The predicted molar refractivity (Wildman–Crippen MR) is 87.7 cm³/mol. The zero-order valence-electron chi connectivity index (χ0n) is 11.4. The van der Waals surface area contributed by atoms with Crippen molar-refractivity contribution in [3.63, 3.8) is 0 Å². The Labute approximate surface area is 141 Å². The standard InChI is InChI=1S/C15H12Cl2N2O2S/c16-10-2-1-8-5-6-19(7-9(8)13(10)17)15(21)12-4-3-11(22-12)14(18)20/h1-4H,5-7H2,(H2,18,20). The fourth-order valence-electron chi connectivity index (χ4n) is 2.48. The molecule has 4 nitrogen and oxygen atoms in total. The van der Waals surface area contributed by atoms with Crippen molar-refractivity contribution in [3.8, 4) is 0 Å². The second-order valence-electron chi connectivity index (χ2n) is 5.00. The summed E-state index contributed by atoms with van der Waals surface area (Å²) in [6.07, 6.45) is 0.728. The van der Waals surface area contributed by atoms with Gasteiger partial charge in [-0.1, -0.05) is 29.3 Å². The van der Waals surface area contributed by atoms with Gasteiger partial charge in [-0.3, -0.25) is 9.59 Å². The number of benzene rings is 1. The zero-order chi connectivity index (χ0) is 15.9. The summed E-state index contributed by atoms with van der Waals surface area (Å²) in [5, 5.41) is 0.988. The van der Waals surface area contributed by atoms with Crippen LogP contribution in [0, 0.1) is 0 Å². The first-order chi connectivity index (χ1) is 10.5. The van der Waals surface area contributed by atoms with Gasteiger partial charge < -0.3 is 10.6 Å². The van der Waals surface area contributed by atoms with E-state index in [1.807, 2.05) is 6.07 Å². The Hall–Kier alpha value is -1.56. The lowest BCUT2D eigenvalue weighted by atomic mass is 9.99. The van der Waals surface area contributed by atoms with Crippen LogP contribution in [0.4, 0.5) is 0 Å². The van der Waals surface area contributed by atoms with Crippen molar-refractivity contribution in [2.24, 2.45) is 5.73 Å². The molecule has 1 aliphatic rings. The molecule has 2 aromatic rings. The molecule has 2 N–H and O–H groups in total. The summed E-state index contributed by atoms with van der Waals surface area (Å²) in [6.45, 7) is 1.02. The van der Waals surface area contributed by atoms with Gasteiger partial charge in [0.25, 0.3) is 11.8 Å². The van der Waals surface area contributed by atoms with Gasteiger partial charge in [0, 0.05) is 13.1 Å². The third kappa shape index (κ3) is 2.72. The lowest BCUT2D eigenvalue weighted by Crippen LogP contribution is -2.35. The van der Waals surface area contributed by atoms with E-state index in [9.17, 15) is 9.59 Å². The minimum Gasteiger partial charge on any atom is -0.365 e. The molecule has 0 radical (unpaired) electrons. The van der Waals surface area contributed by atoms with Crippen LogP contribution in [0.2, 0.25) is 10.0 Å². The summed E-state index contributed by atoms with van der Waals surface area (Å²) in [6, 6.07) is 6.92. The van der Waals surface area contributed by atoms with Crippen molar-refractivity contribution in [1.29, 1.82) is 0 Å². The molecule has 0 bridgehead atoms. The Morgan fingerprint density at radius 2 is 1.86 bits per heavy atom. The van der Waals surface area contributed by atoms with Crippen molar-refractivity contribution in [2.75, 3.05) is 6.54 Å². The molecule has 0 saturated heterocycles. The molecule has 0 aliphatic carbocycles. The molecule has 0 saturated carbocycles. The number of thiophene rings is 1. The number of nitrogens with zero attached hydrogens (tertiary/aromatic N) is 1. The lowest BCUT2D eigenvalue weighted by molar-refractivity contribution is 0.0739. The van der Waals surface area contributed by atoms with Crippen LogP contribution in [-0.4, -0.2) is 23.3 Å². The minimum absolute atomic E-state index is 0.126. The summed E-state index contributed by atoms with van der Waals surface area (Å²) in [5.41, 5.74) is 7.22. The third-order valence-electron chi connectivity index (χ3n) is 3.64. The van der Waals surface area contributed by atoms with E-state index in [0.29, 0.717) is 32.9 Å². The molecule has 1 aromatic heterocycles. The Bertz CT molecular complexity index is 773. The summed E-state index contributed by atoms with van der Waals surface area (Å²) < 4.78 is 0. The van der Waals surface area contributed by atoms with Crippen LogP contribution in [0.1, 0.15) is 30.5 Å². The van der Waals surface area contributed by atoms with Crippen LogP contribution in [0.3, 0.4) is 0 Å². The van der Waals surface area contributed by atoms with E-state index in [-0.39, 0.29) is 5.91 Å². The molecular formula is C15H12Cl2N2O2S. The first kappa shape index (κ1) is 15.3. The van der Waals surface area contributed by atoms with Crippen molar-refractivity contribution in [2.45, 2.75) is 13.0 Å². The first-order valence-electron chi connectivity index (χ1n) is 6.62. The van der Waals surface area contributed by atoms with Crippen LogP contribution in [-0.2, 0) is 13.0 Å². The van der Waals surface area contributed by atoms with Gasteiger partial charge in [0.05, 0.1) is 19.8 Å². The highest BCUT2D eigenvalue weighted by molar-refractivity contribution is 7.15. The van der Waals surface area contributed by atoms with E-state index < -0.39 is 5.91 Å². The van der Waals surface area contributed by atoms with Gasteiger partial charge in [-0.15, -0.1) is 11.3 Å². The maximum absolute atomic E-state index is 12.5. The molecule has 0 atom stereocenters. The highest BCUT2D eigenvalue weighted by atomic mass is 35.5. The molecule has 2 amide bonds. The normalized spacial score (nSPS) is 13.8. The number of hydrogen-bond donors (Lipinski definition) is 1. The third-order valence-corrected chi connectivity index (χ3v) is 5.57. The van der Waals surface area contributed by atoms with Crippen molar-refractivity contribution < 1.29 is 9.59 Å². The largest absolute Gasteiger partial charge is 0.365 e. The molecule has 0 spiro atoms. The van der Waals surface area contributed by atoms with Gasteiger partial charge in [0.1, 0.15) is 0 Å². The second kappa shape index (κ2) is 5.91. The molecule has 1 aliphatic heterocycles. The molecular weight excluding hydrogens is 343 g/mol. The van der Waals surface area contributed by atoms with E-state index in [0.717, 1.165) is 28.9 Å². The number of amides is 2. The van der Waals surface area contributed by atoms with Crippen LogP contribution in [0.25, 0.3) is 0 Å². The SMILES string of the molecule is NC(=O)c1ccc(C(=O)N2CCc3ccc(Cl)c(Cl)c3C2)s1. The van der Waals surface area contributed by atoms with Crippen LogP contribution in [0.5, 0.6) is 0 Å². The van der Waals surface area contributed by atoms with Gasteiger partial charge >= 0.3 is 0 Å². The van der Waals surface area contributed by atoms with Crippen LogP contribution < -0.4 is 5.73 Å². The Balaban J connectivity index is 1.86. The Morgan fingerprint density at radius 1 is 1.14 bits per heavy atom. The molecule has 114 valence electrons. The highest BCUT2D eigenvalue weighted by Crippen LogP contribution is 2.33. The van der Waals surface area contributed by atoms with Crippen LogP contribution in [0.15, 0.2) is 24.3 Å². The fourth-order valence-corrected chi connectivity index (χ4v) is 3.72. The quantitative estimate of drug-likeness (QED) is 0.898. The maximum atomic E-state index is 12.5. The summed E-state index contributed by atoms with van der Waals surface area (Å²) in [4.78, 5) is 26.3. The van der Waals surface area contributed by atoms with Crippen molar-refractivity contribution >= 4 is 46.4 Å². The predicted octanol–water partition coefficient (Wildman–Crippen LogP) is 3.35. The summed E-state index contributed by atoms with van der Waals surface area (Å²) in [7, 11) is 0. The number of nitrogens with two attached hydrogens (primary N) is 1. The number of hydrogen-bond acceptors (Lipinski definition) is 3. The Kier molecular flexibility index (Phi) is 4.12. The van der Waals surface area contributed by atoms with E-state index in [2.05, 4.69) is 0 Å². The zero-order valence-corrected chi connectivity index (χ0v) is 13.8. The van der Waals surface area contributed by atoms with E-state index in [1.165, 1.54) is 0 Å². The van der Waals surface area contributed by atoms with Gasteiger partial charge in [-0.2, -0.15) is 0 Å². The smallest absolute Gasteiger partial charge is 0.264 e. The maximum Gasteiger partial charge on any atom is 0.264 e. The number of rotatable bonds is 2. The average molecular weight is 355 g/mol. The van der Waals surface area contributed by atoms with Crippen LogP contribution >= 0.6 is 34.5 Å². The molecule has 7 heteroatoms. The number of carbonyl (C=O) groups excluding carboxylic acids is 2. The number of halogens is 2. The van der Waals surface area contributed by atoms with Crippen molar-refractivity contribution in [3.05, 3.63) is 55.2 Å². The number of primary amides is 1. The van der Waals surface area contributed by atoms with E-state index in [4.69, 9.17) is 28.9 Å². The summed E-state index contributed by atoms with van der Waals surface area (Å²) >= 11 is 13.4. The van der Waals surface area contributed by atoms with Crippen molar-refractivity contribution in [1.82, 2.24) is 4.90 Å². The topological polar surface area (TPSA) is 63.4 Å². The minimum atomic E-state index is -0.525.